The molecule has 0 saturated carbocycles. The minimum absolute atomic E-state index is 0.00732. The van der Waals surface area contributed by atoms with Gasteiger partial charge in [-0.15, -0.1) is 0 Å². The molecule has 31 heavy (non-hydrogen) atoms. The highest BCUT2D eigenvalue weighted by Crippen LogP contribution is 2.40. The number of ether oxygens (including phenoxy) is 2. The van der Waals surface area contributed by atoms with Crippen LogP contribution in [0.5, 0.6) is 6.01 Å². The Morgan fingerprint density at radius 2 is 2.16 bits per heavy atom. The molecule has 3 atom stereocenters. The summed E-state index contributed by atoms with van der Waals surface area (Å²) in [5, 5.41) is 0.237. The van der Waals surface area contributed by atoms with Crippen molar-refractivity contribution in [3.63, 3.8) is 0 Å². The van der Waals surface area contributed by atoms with Crippen LogP contribution < -0.4 is 9.64 Å². The van der Waals surface area contributed by atoms with Crippen LogP contribution in [0.3, 0.4) is 0 Å². The Kier molecular flexibility index (Phi) is 5.60. The molecule has 0 unspecified atom stereocenters. The molecule has 3 saturated heterocycles. The Labute approximate surface area is 184 Å². The first-order valence-electron chi connectivity index (χ1n) is 10.9. The van der Waals surface area contributed by atoms with E-state index in [2.05, 4.69) is 24.8 Å². The van der Waals surface area contributed by atoms with Crippen molar-refractivity contribution in [1.29, 1.82) is 0 Å². The lowest BCUT2D eigenvalue weighted by molar-refractivity contribution is 0.0820. The Morgan fingerprint density at radius 3 is 3.03 bits per heavy atom. The van der Waals surface area contributed by atoms with Gasteiger partial charge in [0, 0.05) is 38.9 Å². The summed E-state index contributed by atoms with van der Waals surface area (Å²) in [7, 11) is 0. The zero-order valence-electron chi connectivity index (χ0n) is 17.5. The lowest BCUT2D eigenvalue weighted by Crippen LogP contribution is -2.43. The molecule has 3 aliphatic rings. The third-order valence-corrected chi connectivity index (χ3v) is 6.85. The van der Waals surface area contributed by atoms with E-state index in [4.69, 9.17) is 21.1 Å². The van der Waals surface area contributed by atoms with E-state index in [1.807, 2.05) is 6.92 Å². The number of aromatic nitrogens is 3. The van der Waals surface area contributed by atoms with Gasteiger partial charge in [-0.05, 0) is 32.7 Å². The average Bonchev–Trinajstić information content (AvgIpc) is 3.17. The number of fused-ring (bicyclic) bond motifs is 2. The zero-order valence-corrected chi connectivity index (χ0v) is 18.2. The molecular formula is C21H26ClF2N5O2. The number of halogens is 3. The number of rotatable bonds is 4. The van der Waals surface area contributed by atoms with Crippen molar-refractivity contribution in [1.82, 2.24) is 19.9 Å². The lowest BCUT2D eigenvalue weighted by Gasteiger charge is -2.31. The van der Waals surface area contributed by atoms with Gasteiger partial charge in [-0.3, -0.25) is 4.90 Å². The van der Waals surface area contributed by atoms with E-state index in [-0.39, 0.29) is 34.9 Å². The van der Waals surface area contributed by atoms with Crippen LogP contribution in [0, 0.1) is 5.82 Å². The normalized spacial score (nSPS) is 29.4. The van der Waals surface area contributed by atoms with Crippen molar-refractivity contribution < 1.29 is 18.3 Å². The van der Waals surface area contributed by atoms with Crippen molar-refractivity contribution >= 4 is 28.3 Å². The van der Waals surface area contributed by atoms with Crippen molar-refractivity contribution in [3.05, 3.63) is 17.2 Å². The first kappa shape index (κ1) is 21.0. The van der Waals surface area contributed by atoms with E-state index in [1.54, 1.807) is 0 Å². The average molecular weight is 454 g/mol. The monoisotopic (exact) mass is 453 g/mol. The largest absolute Gasteiger partial charge is 0.461 e. The van der Waals surface area contributed by atoms with Crippen LogP contribution in [0.15, 0.2) is 6.20 Å². The van der Waals surface area contributed by atoms with Gasteiger partial charge in [0.2, 0.25) is 0 Å². The fourth-order valence-electron chi connectivity index (χ4n) is 5.14. The summed E-state index contributed by atoms with van der Waals surface area (Å²) in [5.74, 6) is -0.145. The van der Waals surface area contributed by atoms with Crippen LogP contribution in [-0.2, 0) is 4.74 Å². The van der Waals surface area contributed by atoms with E-state index in [0.717, 1.165) is 25.8 Å². The minimum atomic E-state index is -0.849. The molecule has 5 heterocycles. The van der Waals surface area contributed by atoms with Gasteiger partial charge in [0.15, 0.2) is 11.0 Å². The van der Waals surface area contributed by atoms with Gasteiger partial charge in [0.1, 0.15) is 24.1 Å². The number of nitrogens with zero attached hydrogens (tertiary/aromatic N) is 5. The summed E-state index contributed by atoms with van der Waals surface area (Å²) in [6.45, 7) is 5.56. The summed E-state index contributed by atoms with van der Waals surface area (Å²) in [4.78, 5) is 17.1. The van der Waals surface area contributed by atoms with Crippen LogP contribution in [0.1, 0.15) is 32.6 Å². The lowest BCUT2D eigenvalue weighted by atomic mass is 9.95. The Morgan fingerprint density at radius 1 is 1.29 bits per heavy atom. The fourth-order valence-corrected chi connectivity index (χ4v) is 5.28. The van der Waals surface area contributed by atoms with Crippen molar-refractivity contribution in [2.24, 2.45) is 0 Å². The molecule has 0 amide bonds. The molecular weight excluding hydrogens is 428 g/mol. The topological polar surface area (TPSA) is 63.6 Å². The van der Waals surface area contributed by atoms with Gasteiger partial charge in [-0.2, -0.15) is 9.97 Å². The number of alkyl halides is 1. The smallest absolute Gasteiger partial charge is 0.319 e. The molecule has 0 radical (unpaired) electrons. The molecule has 3 fully saturated rings. The van der Waals surface area contributed by atoms with Gasteiger partial charge in [-0.1, -0.05) is 11.6 Å². The molecule has 2 aromatic heterocycles. The molecule has 5 rings (SSSR count). The highest BCUT2D eigenvalue weighted by molar-refractivity contribution is 6.30. The van der Waals surface area contributed by atoms with Crippen molar-refractivity contribution in [3.8, 4) is 6.01 Å². The van der Waals surface area contributed by atoms with Crippen LogP contribution in [0.4, 0.5) is 14.6 Å². The number of hydrogen-bond donors (Lipinski definition) is 0. The summed E-state index contributed by atoms with van der Waals surface area (Å²) < 4.78 is 40.7. The van der Waals surface area contributed by atoms with Crippen molar-refractivity contribution in [2.45, 2.75) is 50.4 Å². The number of hydrogen-bond acceptors (Lipinski definition) is 7. The van der Waals surface area contributed by atoms with Crippen molar-refractivity contribution in [2.75, 3.05) is 44.3 Å². The molecule has 7 nitrogen and oxygen atoms in total. The maximum Gasteiger partial charge on any atom is 0.319 e. The summed E-state index contributed by atoms with van der Waals surface area (Å²) in [5.41, 5.74) is -0.259. The molecule has 3 aliphatic heterocycles. The van der Waals surface area contributed by atoms with Crippen LogP contribution in [0.2, 0.25) is 5.15 Å². The van der Waals surface area contributed by atoms with E-state index in [1.165, 1.54) is 6.20 Å². The third-order valence-electron chi connectivity index (χ3n) is 6.58. The third kappa shape index (κ3) is 3.91. The maximum atomic E-state index is 14.8. The molecule has 0 N–H and O–H groups in total. The molecule has 0 aromatic carbocycles. The standard InChI is InChI=1S/C21H26ClF2N5O2/c1-13-10-28(5-3-7-30-13)19-15-9-25-18(22)16(24)17(15)26-20(27-19)31-12-21-4-2-6-29(21)11-14(23)8-21/h9,13-14H,2-8,10-12H2,1H3/t13-,14-,21+/m1/s1. The number of pyridine rings is 1. The van der Waals surface area contributed by atoms with Gasteiger partial charge < -0.3 is 14.4 Å². The summed E-state index contributed by atoms with van der Waals surface area (Å²) >= 11 is 5.93. The predicted molar refractivity (Wildman–Crippen MR) is 113 cm³/mol. The number of anilines is 1. The summed E-state index contributed by atoms with van der Waals surface area (Å²) in [6.07, 6.45) is 3.81. The molecule has 2 aromatic rings. The first-order chi connectivity index (χ1) is 14.9. The Hall–Kier alpha value is -1.84. The van der Waals surface area contributed by atoms with Crippen LogP contribution in [-0.4, -0.2) is 77.1 Å². The van der Waals surface area contributed by atoms with E-state index < -0.39 is 12.0 Å². The SMILES string of the molecule is C[C@@H]1CN(c2nc(OC[C@@]34CCCN3C[C@H](F)C4)nc3c(F)c(Cl)ncc23)CCCO1. The molecule has 10 heteroatoms. The molecule has 0 spiro atoms. The highest BCUT2D eigenvalue weighted by Gasteiger charge is 2.49. The Balaban J connectivity index is 1.50. The summed E-state index contributed by atoms with van der Waals surface area (Å²) in [6, 6.07) is 0.0741. The molecule has 168 valence electrons. The van der Waals surface area contributed by atoms with Crippen LogP contribution >= 0.6 is 11.6 Å². The molecule has 0 aliphatic carbocycles. The van der Waals surface area contributed by atoms with Gasteiger partial charge in [-0.25, -0.2) is 13.8 Å². The van der Waals surface area contributed by atoms with E-state index in [0.29, 0.717) is 43.9 Å². The second-order valence-corrected chi connectivity index (χ2v) is 9.16. The zero-order chi connectivity index (χ0) is 21.6. The predicted octanol–water partition coefficient (Wildman–Crippen LogP) is 3.39. The van der Waals surface area contributed by atoms with Gasteiger partial charge in [0.25, 0.3) is 0 Å². The van der Waals surface area contributed by atoms with Gasteiger partial charge >= 0.3 is 6.01 Å². The van der Waals surface area contributed by atoms with Gasteiger partial charge in [0.05, 0.1) is 17.0 Å². The maximum absolute atomic E-state index is 14.8. The first-order valence-corrected chi connectivity index (χ1v) is 11.2. The minimum Gasteiger partial charge on any atom is -0.461 e. The second kappa shape index (κ2) is 8.26. The molecule has 0 bridgehead atoms. The van der Waals surface area contributed by atoms with Crippen LogP contribution in [0.25, 0.3) is 10.9 Å². The second-order valence-electron chi connectivity index (χ2n) is 8.80. The fraction of sp³-hybridized carbons (Fsp3) is 0.667. The van der Waals surface area contributed by atoms with E-state index in [9.17, 15) is 8.78 Å². The quantitative estimate of drug-likeness (QED) is 0.657. The Bertz CT molecular complexity index is 982. The van der Waals surface area contributed by atoms with E-state index >= 15 is 0 Å². The highest BCUT2D eigenvalue weighted by atomic mass is 35.5.